The molecule has 0 atom stereocenters. The molecule has 2 N–H and O–H groups in total. The van der Waals surface area contributed by atoms with Crippen LogP contribution in [0.15, 0.2) is 36.8 Å². The van der Waals surface area contributed by atoms with E-state index in [0.29, 0.717) is 0 Å². The SMILES string of the molecule is Cc1cccc(-c2cnc3c(N4CCC(C)(N)CC4)nccn23)c1Cl. The van der Waals surface area contributed by atoms with Gasteiger partial charge in [-0.1, -0.05) is 29.8 Å². The van der Waals surface area contributed by atoms with E-state index in [2.05, 4.69) is 26.2 Å². The fourth-order valence-electron chi connectivity index (χ4n) is 3.40. The van der Waals surface area contributed by atoms with Crippen LogP contribution in [0.2, 0.25) is 5.02 Å². The van der Waals surface area contributed by atoms with Crippen molar-refractivity contribution in [2.75, 3.05) is 18.0 Å². The van der Waals surface area contributed by atoms with Crippen LogP contribution in [0.5, 0.6) is 0 Å². The highest BCUT2D eigenvalue weighted by Crippen LogP contribution is 2.33. The molecule has 25 heavy (non-hydrogen) atoms. The predicted molar refractivity (Wildman–Crippen MR) is 102 cm³/mol. The number of nitrogens with two attached hydrogens (primary N) is 1. The van der Waals surface area contributed by atoms with Gasteiger partial charge in [-0.05, 0) is 32.3 Å². The quantitative estimate of drug-likeness (QED) is 0.761. The van der Waals surface area contributed by atoms with Gasteiger partial charge in [0.1, 0.15) is 0 Å². The molecule has 1 aromatic carbocycles. The molecule has 4 rings (SSSR count). The average molecular weight is 356 g/mol. The van der Waals surface area contributed by atoms with E-state index in [-0.39, 0.29) is 5.54 Å². The molecule has 0 saturated carbocycles. The van der Waals surface area contributed by atoms with Crippen LogP contribution in [0.1, 0.15) is 25.3 Å². The Bertz CT molecular complexity index is 921. The highest BCUT2D eigenvalue weighted by atomic mass is 35.5. The number of fused-ring (bicyclic) bond motifs is 1. The first kappa shape index (κ1) is 16.4. The van der Waals surface area contributed by atoms with Crippen molar-refractivity contribution < 1.29 is 0 Å². The second-order valence-electron chi connectivity index (χ2n) is 7.17. The van der Waals surface area contributed by atoms with Crippen LogP contribution in [-0.2, 0) is 0 Å². The summed E-state index contributed by atoms with van der Waals surface area (Å²) < 4.78 is 2.07. The molecule has 0 unspecified atom stereocenters. The van der Waals surface area contributed by atoms with Crippen molar-refractivity contribution >= 4 is 23.1 Å². The van der Waals surface area contributed by atoms with Gasteiger partial charge in [0.2, 0.25) is 0 Å². The van der Waals surface area contributed by atoms with Crippen molar-refractivity contribution in [2.24, 2.45) is 5.73 Å². The minimum Gasteiger partial charge on any atom is -0.353 e. The molecule has 0 aliphatic carbocycles. The molecule has 1 aliphatic rings. The Balaban J connectivity index is 1.78. The predicted octanol–water partition coefficient (Wildman–Crippen LogP) is 3.68. The second kappa shape index (κ2) is 6.00. The molecule has 3 aromatic rings. The molecule has 3 heterocycles. The van der Waals surface area contributed by atoms with Gasteiger partial charge in [0.25, 0.3) is 0 Å². The van der Waals surface area contributed by atoms with Crippen molar-refractivity contribution in [2.45, 2.75) is 32.2 Å². The fraction of sp³-hybridized carbons (Fsp3) is 0.368. The molecule has 5 nitrogen and oxygen atoms in total. The van der Waals surface area contributed by atoms with Crippen LogP contribution in [0.4, 0.5) is 5.82 Å². The van der Waals surface area contributed by atoms with E-state index in [9.17, 15) is 0 Å². The maximum Gasteiger partial charge on any atom is 0.180 e. The lowest BCUT2D eigenvalue weighted by Gasteiger charge is -2.37. The van der Waals surface area contributed by atoms with Gasteiger partial charge < -0.3 is 10.6 Å². The Hall–Kier alpha value is -2.11. The summed E-state index contributed by atoms with van der Waals surface area (Å²) in [6.07, 6.45) is 7.54. The van der Waals surface area contributed by atoms with Crippen molar-refractivity contribution in [1.29, 1.82) is 0 Å². The summed E-state index contributed by atoms with van der Waals surface area (Å²) in [6, 6.07) is 6.06. The molecule has 0 spiro atoms. The van der Waals surface area contributed by atoms with Gasteiger partial charge in [-0.3, -0.25) is 4.40 Å². The standard InChI is InChI=1S/C19H22ClN5/c1-13-4-3-5-14(16(13)20)15-12-23-18-17(22-8-11-25(15)18)24-9-6-19(2,21)7-10-24/h3-5,8,11-12H,6-7,9-10,21H2,1-2H3. The number of imidazole rings is 1. The smallest absolute Gasteiger partial charge is 0.180 e. The van der Waals surface area contributed by atoms with Gasteiger partial charge in [0.15, 0.2) is 11.5 Å². The number of hydrogen-bond acceptors (Lipinski definition) is 4. The molecular formula is C19H22ClN5. The van der Waals surface area contributed by atoms with E-state index >= 15 is 0 Å². The number of nitrogens with zero attached hydrogens (tertiary/aromatic N) is 4. The number of aryl methyl sites for hydroxylation is 1. The van der Waals surface area contributed by atoms with E-state index in [1.54, 1.807) is 0 Å². The Morgan fingerprint density at radius 1 is 1.20 bits per heavy atom. The van der Waals surface area contributed by atoms with Gasteiger partial charge in [-0.2, -0.15) is 0 Å². The zero-order valence-electron chi connectivity index (χ0n) is 14.5. The maximum atomic E-state index is 6.52. The van der Waals surface area contributed by atoms with Gasteiger partial charge >= 0.3 is 0 Å². The van der Waals surface area contributed by atoms with E-state index in [1.807, 2.05) is 43.7 Å². The summed E-state index contributed by atoms with van der Waals surface area (Å²) in [7, 11) is 0. The monoisotopic (exact) mass is 355 g/mol. The van der Waals surface area contributed by atoms with E-state index in [0.717, 1.165) is 59.2 Å². The summed E-state index contributed by atoms with van der Waals surface area (Å²) in [6.45, 7) is 5.92. The number of benzene rings is 1. The number of piperidine rings is 1. The van der Waals surface area contributed by atoms with Crippen LogP contribution >= 0.6 is 11.6 Å². The molecule has 0 radical (unpaired) electrons. The highest BCUT2D eigenvalue weighted by Gasteiger charge is 2.28. The molecule has 0 amide bonds. The van der Waals surface area contributed by atoms with Crippen LogP contribution in [0.3, 0.4) is 0 Å². The zero-order chi connectivity index (χ0) is 17.6. The Labute approximate surface area is 152 Å². The third kappa shape index (κ3) is 2.87. The summed E-state index contributed by atoms with van der Waals surface area (Å²) >= 11 is 6.52. The minimum atomic E-state index is -0.0861. The van der Waals surface area contributed by atoms with Gasteiger partial charge in [0.05, 0.1) is 16.9 Å². The van der Waals surface area contributed by atoms with Crippen molar-refractivity contribution in [1.82, 2.24) is 14.4 Å². The largest absolute Gasteiger partial charge is 0.353 e. The lowest BCUT2D eigenvalue weighted by molar-refractivity contribution is 0.363. The van der Waals surface area contributed by atoms with Gasteiger partial charge in [-0.25, -0.2) is 9.97 Å². The van der Waals surface area contributed by atoms with E-state index < -0.39 is 0 Å². The topological polar surface area (TPSA) is 59.5 Å². The van der Waals surface area contributed by atoms with Crippen LogP contribution in [0, 0.1) is 6.92 Å². The normalized spacial score (nSPS) is 17.2. The average Bonchev–Trinajstić information content (AvgIpc) is 3.01. The molecule has 1 fully saturated rings. The maximum absolute atomic E-state index is 6.52. The highest BCUT2D eigenvalue weighted by molar-refractivity contribution is 6.34. The molecule has 1 aliphatic heterocycles. The lowest BCUT2D eigenvalue weighted by Crippen LogP contribution is -2.48. The summed E-state index contributed by atoms with van der Waals surface area (Å²) in [5.74, 6) is 0.910. The fourth-order valence-corrected chi connectivity index (χ4v) is 3.63. The van der Waals surface area contributed by atoms with Gasteiger partial charge in [-0.15, -0.1) is 0 Å². The van der Waals surface area contributed by atoms with Crippen molar-refractivity contribution in [3.8, 4) is 11.3 Å². The summed E-state index contributed by atoms with van der Waals surface area (Å²) in [5.41, 5.74) is 10.1. The number of anilines is 1. The molecule has 2 aromatic heterocycles. The van der Waals surface area contributed by atoms with E-state index in [1.165, 1.54) is 0 Å². The Morgan fingerprint density at radius 3 is 2.72 bits per heavy atom. The minimum absolute atomic E-state index is 0.0861. The van der Waals surface area contributed by atoms with Crippen molar-refractivity contribution in [3.63, 3.8) is 0 Å². The van der Waals surface area contributed by atoms with Crippen LogP contribution < -0.4 is 10.6 Å². The number of rotatable bonds is 2. The molecule has 0 bridgehead atoms. The van der Waals surface area contributed by atoms with Gasteiger partial charge in [0, 0.05) is 36.6 Å². The Kier molecular flexibility index (Phi) is 3.93. The first-order valence-corrected chi connectivity index (χ1v) is 8.95. The lowest BCUT2D eigenvalue weighted by atomic mass is 9.91. The first-order valence-electron chi connectivity index (χ1n) is 8.58. The number of hydrogen-bond donors (Lipinski definition) is 1. The van der Waals surface area contributed by atoms with Crippen LogP contribution in [-0.4, -0.2) is 33.0 Å². The number of aromatic nitrogens is 3. The first-order chi connectivity index (χ1) is 12.0. The third-order valence-corrected chi connectivity index (χ3v) is 5.58. The van der Waals surface area contributed by atoms with Crippen molar-refractivity contribution in [3.05, 3.63) is 47.4 Å². The Morgan fingerprint density at radius 2 is 1.96 bits per heavy atom. The van der Waals surface area contributed by atoms with E-state index in [4.69, 9.17) is 17.3 Å². The molecule has 6 heteroatoms. The van der Waals surface area contributed by atoms with Crippen LogP contribution in [0.25, 0.3) is 16.9 Å². The summed E-state index contributed by atoms with van der Waals surface area (Å²) in [5, 5.41) is 0.763. The number of halogens is 1. The molecule has 1 saturated heterocycles. The molecule has 130 valence electrons. The summed E-state index contributed by atoms with van der Waals surface area (Å²) in [4.78, 5) is 11.5. The molecular weight excluding hydrogens is 334 g/mol. The second-order valence-corrected chi connectivity index (χ2v) is 7.54. The zero-order valence-corrected chi connectivity index (χ0v) is 15.3. The third-order valence-electron chi connectivity index (χ3n) is 5.08.